The maximum absolute atomic E-state index is 15.3. The Labute approximate surface area is 417 Å². The number of ether oxygens (including phenoxy) is 3. The highest BCUT2D eigenvalue weighted by Crippen LogP contribution is 2.42. The van der Waals surface area contributed by atoms with Crippen molar-refractivity contribution in [2.24, 2.45) is 5.41 Å². The number of hydrogen-bond acceptors (Lipinski definition) is 12. The average Bonchev–Trinajstić information content (AvgIpc) is 4.02. The van der Waals surface area contributed by atoms with Gasteiger partial charge in [0.05, 0.1) is 51.9 Å². The molecule has 380 valence electrons. The second-order valence-electron chi connectivity index (χ2n) is 18.5. The lowest BCUT2D eigenvalue weighted by Crippen LogP contribution is -2.58. The largest absolute Gasteiger partial charge is 0.476 e. The van der Waals surface area contributed by atoms with E-state index in [9.17, 15) is 32.3 Å². The van der Waals surface area contributed by atoms with Crippen LogP contribution in [0.15, 0.2) is 54.2 Å². The molecule has 15 nitrogen and oxygen atoms in total. The molecule has 4 heterocycles. The fourth-order valence-electron chi connectivity index (χ4n) is 8.18. The number of pyridine rings is 1. The van der Waals surface area contributed by atoms with Crippen LogP contribution >= 0.6 is 23.6 Å². The summed E-state index contributed by atoms with van der Waals surface area (Å²) in [5.41, 5.74) is -1.19. The molecule has 2 atom stereocenters. The molecule has 4 amide bonds. The Hall–Kier alpha value is -6.15. The van der Waals surface area contributed by atoms with Crippen LogP contribution in [0.5, 0.6) is 5.88 Å². The van der Waals surface area contributed by atoms with Crippen molar-refractivity contribution in [1.82, 2.24) is 25.5 Å². The molecule has 2 aromatic heterocycles. The number of aryl methyl sites for hydroxylation is 1. The minimum atomic E-state index is -5.24. The van der Waals surface area contributed by atoms with Crippen molar-refractivity contribution in [3.63, 3.8) is 0 Å². The lowest BCUT2D eigenvalue weighted by molar-refractivity contribution is -0.144. The highest BCUT2D eigenvalue weighted by molar-refractivity contribution is 7.81. The van der Waals surface area contributed by atoms with Gasteiger partial charge in [-0.2, -0.15) is 18.4 Å². The van der Waals surface area contributed by atoms with Crippen molar-refractivity contribution in [1.29, 1.82) is 5.26 Å². The van der Waals surface area contributed by atoms with Gasteiger partial charge in [-0.1, -0.05) is 45.0 Å². The fourth-order valence-corrected chi connectivity index (χ4v) is 9.50. The zero-order valence-corrected chi connectivity index (χ0v) is 41.7. The Morgan fingerprint density at radius 3 is 2.34 bits per heavy atom. The van der Waals surface area contributed by atoms with E-state index in [0.717, 1.165) is 51.0 Å². The molecule has 0 radical (unpaired) electrons. The molecule has 2 aliphatic heterocycles. The first-order chi connectivity index (χ1) is 33.6. The van der Waals surface area contributed by atoms with Crippen molar-refractivity contribution in [3.8, 4) is 22.4 Å². The van der Waals surface area contributed by atoms with Gasteiger partial charge >= 0.3 is 6.18 Å². The lowest BCUT2D eigenvalue weighted by atomic mass is 9.85. The standard InChI is InChI=1S/C49H55F5N8O7S2/c1-29-40(71-28-58-29)31-14-12-30(13-15-31)25-56-42(64)36-11-9-18-60(36)44(65)41(47(2,3)4)59-37(63)27-68-21-10-20-67-19-7-8-22-69-43-34(50)23-33(26-57-43)62-46(70)61(45(66)48(62,5)6)35-17-16-32(24-55)38(39(35)51)49(52,53)54/h12-17,23,26,28,36,41H,7-11,18-22,25,27H2,1-6H3,(H,56,64)(H,59,63)/t36-,41+/m0/s1. The molecule has 0 saturated carbocycles. The molecule has 4 aromatic rings. The lowest BCUT2D eigenvalue weighted by Gasteiger charge is -2.35. The number of anilines is 2. The summed E-state index contributed by atoms with van der Waals surface area (Å²) in [7, 11) is 0. The van der Waals surface area contributed by atoms with Crippen molar-refractivity contribution in [3.05, 3.63) is 88.2 Å². The number of carbonyl (C=O) groups is 4. The van der Waals surface area contributed by atoms with Crippen LogP contribution < -0.4 is 25.2 Å². The number of benzene rings is 2. The van der Waals surface area contributed by atoms with Crippen LogP contribution in [-0.2, 0) is 41.4 Å². The Morgan fingerprint density at radius 1 is 1.00 bits per heavy atom. The van der Waals surface area contributed by atoms with Crippen LogP contribution in [0, 0.1) is 35.3 Å². The van der Waals surface area contributed by atoms with Gasteiger partial charge in [-0.15, -0.1) is 11.3 Å². The molecule has 6 rings (SSSR count). The quantitative estimate of drug-likeness (QED) is 0.0496. The molecule has 0 spiro atoms. The Balaban J connectivity index is 0.878. The monoisotopic (exact) mass is 1030 g/mol. The van der Waals surface area contributed by atoms with E-state index in [2.05, 4.69) is 20.6 Å². The molecule has 22 heteroatoms. The number of likely N-dealkylation sites (tertiary alicyclic amines) is 1. The highest BCUT2D eigenvalue weighted by Gasteiger charge is 2.52. The number of alkyl halides is 3. The second kappa shape index (κ2) is 22.9. The van der Waals surface area contributed by atoms with Crippen LogP contribution in [0.4, 0.5) is 33.3 Å². The van der Waals surface area contributed by atoms with Gasteiger partial charge in [-0.3, -0.25) is 24.1 Å². The summed E-state index contributed by atoms with van der Waals surface area (Å²) in [6.07, 6.45) is -1.43. The van der Waals surface area contributed by atoms with Gasteiger partial charge < -0.3 is 34.6 Å². The van der Waals surface area contributed by atoms with E-state index in [4.69, 9.17) is 31.7 Å². The molecule has 0 bridgehead atoms. The molecule has 2 aromatic carbocycles. The minimum Gasteiger partial charge on any atom is -0.476 e. The zero-order chi connectivity index (χ0) is 51.8. The summed E-state index contributed by atoms with van der Waals surface area (Å²) < 4.78 is 88.5. The van der Waals surface area contributed by atoms with E-state index in [-0.39, 0.29) is 43.2 Å². The molecular weight excluding hydrogens is 972 g/mol. The van der Waals surface area contributed by atoms with Crippen LogP contribution in [0.1, 0.15) is 89.1 Å². The SMILES string of the molecule is Cc1ncsc1-c1ccc(CNC(=O)[C@@H]2CCCN2C(=O)[C@@H](NC(=O)COCCCOCCCCOc2ncc(N3C(=S)N(c4ccc(C#N)c(C(F)(F)F)c4F)C(=O)C3(C)C)cc2F)C(C)(C)C)cc1. The summed E-state index contributed by atoms with van der Waals surface area (Å²) in [4.78, 5) is 66.4. The van der Waals surface area contributed by atoms with Gasteiger partial charge in [0.15, 0.2) is 16.7 Å². The topological polar surface area (TPSA) is 179 Å². The number of aromatic nitrogens is 2. The number of thiocarbonyl (C=S) groups is 1. The van der Waals surface area contributed by atoms with Gasteiger partial charge in [0.2, 0.25) is 17.7 Å². The number of unbranched alkanes of at least 4 members (excludes halogenated alkanes) is 1. The number of halogens is 5. The number of nitrogens with zero attached hydrogens (tertiary/aromatic N) is 6. The normalized spacial score (nSPS) is 16.3. The number of nitriles is 1. The van der Waals surface area contributed by atoms with Crippen LogP contribution in [0.3, 0.4) is 0 Å². The van der Waals surface area contributed by atoms with E-state index >= 15 is 8.78 Å². The van der Waals surface area contributed by atoms with Crippen LogP contribution in [-0.4, -0.2) is 101 Å². The summed E-state index contributed by atoms with van der Waals surface area (Å²) in [5.74, 6) is -5.07. The molecule has 2 fully saturated rings. The third kappa shape index (κ3) is 12.7. The number of carbonyl (C=O) groups excluding carboxylic acids is 4. The van der Waals surface area contributed by atoms with Crippen LogP contribution in [0.2, 0.25) is 0 Å². The number of thiazole rings is 1. The molecule has 2 aliphatic rings. The molecule has 0 unspecified atom stereocenters. The fraction of sp³-hybridized carbons (Fsp3) is 0.469. The summed E-state index contributed by atoms with van der Waals surface area (Å²) >= 11 is 6.98. The first-order valence-electron chi connectivity index (χ1n) is 22.9. The summed E-state index contributed by atoms with van der Waals surface area (Å²) in [5, 5.41) is 14.5. The number of rotatable bonds is 20. The number of amides is 4. The predicted octanol–water partition coefficient (Wildman–Crippen LogP) is 8.02. The third-order valence-electron chi connectivity index (χ3n) is 11.9. The maximum atomic E-state index is 15.3. The Morgan fingerprint density at radius 2 is 1.69 bits per heavy atom. The zero-order valence-electron chi connectivity index (χ0n) is 40.1. The van der Waals surface area contributed by atoms with Gasteiger partial charge in [-0.05, 0) is 93.8 Å². The van der Waals surface area contributed by atoms with Gasteiger partial charge in [-0.25, -0.2) is 18.7 Å². The third-order valence-corrected chi connectivity index (χ3v) is 13.2. The van der Waals surface area contributed by atoms with Crippen molar-refractivity contribution >= 4 is 63.7 Å². The Bertz CT molecular complexity index is 2650. The highest BCUT2D eigenvalue weighted by atomic mass is 32.1. The molecule has 2 saturated heterocycles. The molecule has 2 N–H and O–H groups in total. The molecule has 71 heavy (non-hydrogen) atoms. The number of hydrogen-bond donors (Lipinski definition) is 2. The van der Waals surface area contributed by atoms with Gasteiger partial charge in [0.25, 0.3) is 11.8 Å². The van der Waals surface area contributed by atoms with Crippen molar-refractivity contribution < 1.29 is 55.3 Å². The number of nitrogens with one attached hydrogen (secondary N) is 2. The second-order valence-corrected chi connectivity index (χ2v) is 19.8. The van der Waals surface area contributed by atoms with Crippen LogP contribution in [0.25, 0.3) is 10.4 Å². The van der Waals surface area contributed by atoms with E-state index in [1.807, 2.05) is 57.5 Å². The first kappa shape index (κ1) is 54.2. The smallest absolute Gasteiger partial charge is 0.420 e. The van der Waals surface area contributed by atoms with E-state index in [1.165, 1.54) is 19.9 Å². The summed E-state index contributed by atoms with van der Waals surface area (Å²) in [6, 6.07) is 10.2. The first-order valence-corrected chi connectivity index (χ1v) is 24.1. The van der Waals surface area contributed by atoms with Gasteiger partial charge in [0.1, 0.15) is 29.8 Å². The van der Waals surface area contributed by atoms with E-state index in [1.54, 1.807) is 16.2 Å². The summed E-state index contributed by atoms with van der Waals surface area (Å²) in [6.45, 7) is 11.6. The van der Waals surface area contributed by atoms with E-state index in [0.29, 0.717) is 63.3 Å². The average molecular weight is 1030 g/mol. The predicted molar refractivity (Wildman–Crippen MR) is 258 cm³/mol. The van der Waals surface area contributed by atoms with E-state index < -0.39 is 74.6 Å². The van der Waals surface area contributed by atoms with Gasteiger partial charge in [0, 0.05) is 39.0 Å². The van der Waals surface area contributed by atoms with Crippen molar-refractivity contribution in [2.45, 2.75) is 104 Å². The maximum Gasteiger partial charge on any atom is 0.420 e. The molecular formula is C49H55F5N8O7S2. The Kier molecular flexibility index (Phi) is 17.5. The minimum absolute atomic E-state index is 0.0424. The molecule has 0 aliphatic carbocycles. The van der Waals surface area contributed by atoms with Crippen molar-refractivity contribution in [2.75, 3.05) is 49.4 Å².